The highest BCUT2D eigenvalue weighted by Crippen LogP contribution is 2.19. The number of hydrogen-bond donors (Lipinski definition) is 1. The smallest absolute Gasteiger partial charge is 0.161 e. The Labute approximate surface area is 154 Å². The van der Waals surface area contributed by atoms with Crippen LogP contribution in [-0.2, 0) is 0 Å². The lowest BCUT2D eigenvalue weighted by atomic mass is 10.0. The van der Waals surface area contributed by atoms with Crippen molar-refractivity contribution in [1.82, 2.24) is 15.0 Å². The Balaban J connectivity index is 1.56. The van der Waals surface area contributed by atoms with Crippen LogP contribution in [0.25, 0.3) is 11.4 Å². The zero-order valence-electron chi connectivity index (χ0n) is 15.4. The second kappa shape index (κ2) is 8.43. The lowest BCUT2D eigenvalue weighted by Crippen LogP contribution is -2.13. The number of benzene rings is 1. The van der Waals surface area contributed by atoms with Gasteiger partial charge in [-0.25, -0.2) is 9.97 Å². The van der Waals surface area contributed by atoms with Crippen molar-refractivity contribution in [2.45, 2.75) is 26.7 Å². The summed E-state index contributed by atoms with van der Waals surface area (Å²) < 4.78 is 5.79. The predicted octanol–water partition coefficient (Wildman–Crippen LogP) is 4.46. The van der Waals surface area contributed by atoms with Gasteiger partial charge in [0.15, 0.2) is 5.82 Å². The van der Waals surface area contributed by atoms with Crippen LogP contribution in [-0.4, -0.2) is 28.1 Å². The van der Waals surface area contributed by atoms with Crippen molar-refractivity contribution in [3.05, 3.63) is 66.1 Å². The van der Waals surface area contributed by atoms with Crippen LogP contribution in [0.2, 0.25) is 0 Å². The molecule has 3 rings (SSSR count). The van der Waals surface area contributed by atoms with E-state index >= 15 is 0 Å². The van der Waals surface area contributed by atoms with E-state index < -0.39 is 0 Å². The van der Waals surface area contributed by atoms with E-state index in [2.05, 4.69) is 46.2 Å². The van der Waals surface area contributed by atoms with Crippen LogP contribution in [0.3, 0.4) is 0 Å². The van der Waals surface area contributed by atoms with Crippen molar-refractivity contribution in [3.8, 4) is 17.1 Å². The molecule has 2 heterocycles. The van der Waals surface area contributed by atoms with Crippen molar-refractivity contribution in [2.75, 3.05) is 18.5 Å². The second-order valence-corrected chi connectivity index (χ2v) is 6.45. The molecular formula is C21H24N4O. The third kappa shape index (κ3) is 4.79. The molecule has 5 nitrogen and oxygen atoms in total. The highest BCUT2D eigenvalue weighted by molar-refractivity contribution is 5.56. The van der Waals surface area contributed by atoms with Gasteiger partial charge in [-0.2, -0.15) is 0 Å². The maximum Gasteiger partial charge on any atom is 0.161 e. The fourth-order valence-electron chi connectivity index (χ4n) is 2.59. The van der Waals surface area contributed by atoms with E-state index in [1.54, 1.807) is 12.4 Å². The van der Waals surface area contributed by atoms with Gasteiger partial charge in [0.2, 0.25) is 0 Å². The molecule has 0 aliphatic carbocycles. The molecule has 0 unspecified atom stereocenters. The van der Waals surface area contributed by atoms with Gasteiger partial charge in [-0.05, 0) is 42.7 Å². The number of ether oxygens (including phenoxy) is 1. The monoisotopic (exact) mass is 348 g/mol. The van der Waals surface area contributed by atoms with Crippen molar-refractivity contribution < 1.29 is 4.74 Å². The molecule has 0 amide bonds. The van der Waals surface area contributed by atoms with E-state index in [-0.39, 0.29) is 0 Å². The Morgan fingerprint density at radius 2 is 1.73 bits per heavy atom. The Kier molecular flexibility index (Phi) is 5.79. The van der Waals surface area contributed by atoms with Crippen LogP contribution < -0.4 is 10.1 Å². The molecule has 0 bridgehead atoms. The SMILES string of the molecule is Cc1cc(NCCOc2ccc(C(C)C)cc2)nc(-c2ccncc2)n1. The Morgan fingerprint density at radius 3 is 2.42 bits per heavy atom. The molecule has 1 N–H and O–H groups in total. The van der Waals surface area contributed by atoms with Crippen molar-refractivity contribution in [2.24, 2.45) is 0 Å². The van der Waals surface area contributed by atoms with Crippen LogP contribution in [0.15, 0.2) is 54.9 Å². The van der Waals surface area contributed by atoms with Gasteiger partial charge in [-0.3, -0.25) is 4.98 Å². The zero-order valence-corrected chi connectivity index (χ0v) is 15.4. The number of aryl methyl sites for hydroxylation is 1. The third-order valence-corrected chi connectivity index (χ3v) is 4.02. The fraction of sp³-hybridized carbons (Fsp3) is 0.286. The molecule has 2 aromatic heterocycles. The van der Waals surface area contributed by atoms with Crippen LogP contribution >= 0.6 is 0 Å². The number of rotatable bonds is 7. The second-order valence-electron chi connectivity index (χ2n) is 6.45. The minimum Gasteiger partial charge on any atom is -0.492 e. The Morgan fingerprint density at radius 1 is 1.00 bits per heavy atom. The van der Waals surface area contributed by atoms with Gasteiger partial charge in [0.05, 0.1) is 6.54 Å². The van der Waals surface area contributed by atoms with Gasteiger partial charge in [0.1, 0.15) is 18.2 Å². The van der Waals surface area contributed by atoms with Gasteiger partial charge in [0, 0.05) is 29.7 Å². The topological polar surface area (TPSA) is 59.9 Å². The Hall–Kier alpha value is -2.95. The normalized spacial score (nSPS) is 10.8. The van der Waals surface area contributed by atoms with E-state index in [1.165, 1.54) is 5.56 Å². The number of nitrogens with zero attached hydrogens (tertiary/aromatic N) is 3. The highest BCUT2D eigenvalue weighted by Gasteiger charge is 2.05. The maximum atomic E-state index is 5.79. The molecule has 0 aliphatic heterocycles. The van der Waals surface area contributed by atoms with Crippen molar-refractivity contribution >= 4 is 5.82 Å². The molecule has 0 aliphatic rings. The standard InChI is InChI=1S/C21H24N4O/c1-15(2)17-4-6-19(7-5-17)26-13-12-23-20-14-16(3)24-21(25-20)18-8-10-22-11-9-18/h4-11,14-15H,12-13H2,1-3H3,(H,23,24,25). The lowest BCUT2D eigenvalue weighted by Gasteiger charge is -2.11. The molecule has 0 fully saturated rings. The van der Waals surface area contributed by atoms with E-state index in [0.717, 1.165) is 22.8 Å². The minimum absolute atomic E-state index is 0.529. The predicted molar refractivity (Wildman–Crippen MR) is 105 cm³/mol. The highest BCUT2D eigenvalue weighted by atomic mass is 16.5. The number of pyridine rings is 1. The van der Waals surface area contributed by atoms with Gasteiger partial charge in [-0.15, -0.1) is 0 Å². The first kappa shape index (κ1) is 17.9. The summed E-state index contributed by atoms with van der Waals surface area (Å²) in [6.45, 7) is 7.56. The summed E-state index contributed by atoms with van der Waals surface area (Å²) in [6, 6.07) is 14.0. The number of nitrogens with one attached hydrogen (secondary N) is 1. The molecule has 0 atom stereocenters. The van der Waals surface area contributed by atoms with Crippen LogP contribution in [0.5, 0.6) is 5.75 Å². The molecule has 0 saturated carbocycles. The first-order chi connectivity index (χ1) is 12.6. The summed E-state index contributed by atoms with van der Waals surface area (Å²) in [7, 11) is 0. The fourth-order valence-corrected chi connectivity index (χ4v) is 2.59. The van der Waals surface area contributed by atoms with Gasteiger partial charge in [0.25, 0.3) is 0 Å². The van der Waals surface area contributed by atoms with E-state index in [9.17, 15) is 0 Å². The molecule has 3 aromatic rings. The van der Waals surface area contributed by atoms with Gasteiger partial charge in [-0.1, -0.05) is 26.0 Å². The van der Waals surface area contributed by atoms with Crippen LogP contribution in [0.1, 0.15) is 31.0 Å². The van der Waals surface area contributed by atoms with Crippen molar-refractivity contribution in [3.63, 3.8) is 0 Å². The average Bonchev–Trinajstić information content (AvgIpc) is 2.66. The summed E-state index contributed by atoms with van der Waals surface area (Å²) in [4.78, 5) is 13.1. The molecule has 0 radical (unpaired) electrons. The number of hydrogen-bond acceptors (Lipinski definition) is 5. The van der Waals surface area contributed by atoms with E-state index in [4.69, 9.17) is 4.74 Å². The maximum absolute atomic E-state index is 5.79. The minimum atomic E-state index is 0.529. The van der Waals surface area contributed by atoms with E-state index in [0.29, 0.717) is 24.9 Å². The summed E-state index contributed by atoms with van der Waals surface area (Å²) >= 11 is 0. The third-order valence-electron chi connectivity index (χ3n) is 4.02. The number of anilines is 1. The summed E-state index contributed by atoms with van der Waals surface area (Å²) in [6.07, 6.45) is 3.49. The molecule has 0 spiro atoms. The molecule has 134 valence electrons. The largest absolute Gasteiger partial charge is 0.492 e. The zero-order chi connectivity index (χ0) is 18.4. The summed E-state index contributed by atoms with van der Waals surface area (Å²) in [5, 5.41) is 3.30. The molecule has 5 heteroatoms. The lowest BCUT2D eigenvalue weighted by molar-refractivity contribution is 0.332. The molecular weight excluding hydrogens is 324 g/mol. The van der Waals surface area contributed by atoms with E-state index in [1.807, 2.05) is 37.3 Å². The average molecular weight is 348 g/mol. The van der Waals surface area contributed by atoms with Gasteiger partial charge < -0.3 is 10.1 Å². The Bertz CT molecular complexity index is 832. The summed E-state index contributed by atoms with van der Waals surface area (Å²) in [5.41, 5.74) is 3.18. The summed E-state index contributed by atoms with van der Waals surface area (Å²) in [5.74, 6) is 2.90. The molecule has 1 aromatic carbocycles. The first-order valence-electron chi connectivity index (χ1n) is 8.84. The number of aromatic nitrogens is 3. The van der Waals surface area contributed by atoms with Crippen LogP contribution in [0, 0.1) is 6.92 Å². The molecule has 0 saturated heterocycles. The molecule has 26 heavy (non-hydrogen) atoms. The quantitative estimate of drug-likeness (QED) is 0.639. The van der Waals surface area contributed by atoms with Crippen LogP contribution in [0.4, 0.5) is 5.82 Å². The van der Waals surface area contributed by atoms with Gasteiger partial charge >= 0.3 is 0 Å². The van der Waals surface area contributed by atoms with Crippen molar-refractivity contribution in [1.29, 1.82) is 0 Å². The first-order valence-corrected chi connectivity index (χ1v) is 8.84.